The number of fused-ring (bicyclic) bond motifs is 1. The van der Waals surface area contributed by atoms with Crippen molar-refractivity contribution in [1.82, 2.24) is 19.4 Å². The number of nitrogens with zero attached hydrogens (tertiary/aromatic N) is 5. The highest BCUT2D eigenvalue weighted by Crippen LogP contribution is 2.33. The summed E-state index contributed by atoms with van der Waals surface area (Å²) in [6.07, 6.45) is 5.25. The molecule has 4 aromatic rings. The van der Waals surface area contributed by atoms with Gasteiger partial charge in [-0.15, -0.1) is 11.3 Å². The molecule has 29 heavy (non-hydrogen) atoms. The Balaban J connectivity index is 1.26. The van der Waals surface area contributed by atoms with E-state index in [-0.39, 0.29) is 5.91 Å². The van der Waals surface area contributed by atoms with Crippen molar-refractivity contribution in [2.75, 3.05) is 37.6 Å². The normalized spacial score (nSPS) is 15.1. The first kappa shape index (κ1) is 18.0. The van der Waals surface area contributed by atoms with Gasteiger partial charge in [-0.05, 0) is 29.7 Å². The first-order chi connectivity index (χ1) is 14.3. The molecule has 0 aliphatic carbocycles. The van der Waals surface area contributed by atoms with Crippen LogP contribution in [-0.4, -0.2) is 58.1 Å². The van der Waals surface area contributed by atoms with E-state index in [1.165, 1.54) is 10.1 Å². The van der Waals surface area contributed by atoms with Gasteiger partial charge < -0.3 is 4.90 Å². The highest BCUT2D eigenvalue weighted by molar-refractivity contribution is 7.22. The number of anilines is 1. The zero-order valence-electron chi connectivity index (χ0n) is 15.9. The van der Waals surface area contributed by atoms with E-state index < -0.39 is 0 Å². The Bertz CT molecular complexity index is 1100. The van der Waals surface area contributed by atoms with Crippen LogP contribution in [0.25, 0.3) is 20.7 Å². The van der Waals surface area contributed by atoms with Gasteiger partial charge >= 0.3 is 0 Å². The molecule has 0 saturated carbocycles. The Morgan fingerprint density at radius 3 is 2.55 bits per heavy atom. The summed E-state index contributed by atoms with van der Waals surface area (Å²) in [4.78, 5) is 26.9. The maximum atomic E-state index is 12.3. The van der Waals surface area contributed by atoms with E-state index in [1.807, 2.05) is 12.1 Å². The number of rotatable bonds is 4. The fraction of sp³-hybridized carbons (Fsp3) is 0.227. The lowest BCUT2D eigenvalue weighted by atomic mass is 10.2. The van der Waals surface area contributed by atoms with Gasteiger partial charge in [-0.3, -0.25) is 14.3 Å². The minimum atomic E-state index is 0.109. The lowest BCUT2D eigenvalue weighted by molar-refractivity contribution is 0.0844. The monoisotopic (exact) mass is 403 g/mol. The second kappa shape index (κ2) is 7.77. The molecule has 3 aromatic heterocycles. The van der Waals surface area contributed by atoms with E-state index in [9.17, 15) is 4.79 Å². The number of thiophene rings is 1. The Hall–Kier alpha value is -3.03. The van der Waals surface area contributed by atoms with Crippen molar-refractivity contribution in [1.29, 1.82) is 0 Å². The molecule has 5 rings (SSSR count). The number of piperazine rings is 1. The van der Waals surface area contributed by atoms with Crippen LogP contribution in [0.2, 0.25) is 0 Å². The molecule has 146 valence electrons. The Morgan fingerprint density at radius 1 is 0.966 bits per heavy atom. The minimum absolute atomic E-state index is 0.109. The molecule has 0 radical (unpaired) electrons. The molecule has 1 aliphatic heterocycles. The third kappa shape index (κ3) is 3.79. The summed E-state index contributed by atoms with van der Waals surface area (Å²) in [5.41, 5.74) is 0.960. The van der Waals surface area contributed by atoms with Gasteiger partial charge in [-0.2, -0.15) is 0 Å². The summed E-state index contributed by atoms with van der Waals surface area (Å²) >= 11 is 1.75. The zero-order valence-corrected chi connectivity index (χ0v) is 16.8. The summed E-state index contributed by atoms with van der Waals surface area (Å²) in [6, 6.07) is 16.4. The maximum absolute atomic E-state index is 12.3. The van der Waals surface area contributed by atoms with Crippen LogP contribution >= 0.6 is 11.3 Å². The molecule has 0 bridgehead atoms. The summed E-state index contributed by atoms with van der Waals surface area (Å²) in [5.74, 6) is 1.06. The zero-order chi connectivity index (χ0) is 19.6. The van der Waals surface area contributed by atoms with Gasteiger partial charge in [-0.1, -0.05) is 18.2 Å². The van der Waals surface area contributed by atoms with Crippen molar-refractivity contribution in [3.8, 4) is 10.6 Å². The lowest BCUT2D eigenvalue weighted by Gasteiger charge is -2.35. The van der Waals surface area contributed by atoms with Crippen molar-refractivity contribution in [3.63, 3.8) is 0 Å². The highest BCUT2D eigenvalue weighted by atomic mass is 32.1. The largest absolute Gasteiger partial charge is 0.354 e. The van der Waals surface area contributed by atoms with E-state index in [0.717, 1.165) is 42.6 Å². The highest BCUT2D eigenvalue weighted by Gasteiger charge is 2.21. The molecule has 1 fully saturated rings. The lowest BCUT2D eigenvalue weighted by Crippen LogP contribution is -2.48. The van der Waals surface area contributed by atoms with Crippen molar-refractivity contribution in [3.05, 3.63) is 67.3 Å². The average molecular weight is 404 g/mol. The number of hydrogen-bond donors (Lipinski definition) is 0. The molecule has 1 aromatic carbocycles. The second-order valence-electron chi connectivity index (χ2n) is 7.16. The average Bonchev–Trinajstić information content (AvgIpc) is 3.44. The first-order valence-electron chi connectivity index (χ1n) is 9.71. The van der Waals surface area contributed by atoms with Gasteiger partial charge in [0.1, 0.15) is 12.1 Å². The Kier molecular flexibility index (Phi) is 4.83. The fourth-order valence-electron chi connectivity index (χ4n) is 3.67. The van der Waals surface area contributed by atoms with Gasteiger partial charge in [-0.25, -0.2) is 9.97 Å². The van der Waals surface area contributed by atoms with Crippen LogP contribution in [0, 0.1) is 0 Å². The predicted octanol–water partition coefficient (Wildman–Crippen LogP) is 3.62. The molecule has 1 saturated heterocycles. The SMILES string of the molecule is O=C(CN1CCN(c2cc(-c3cc4ccccc4s3)ncn2)CC1)n1cccc1. The van der Waals surface area contributed by atoms with Crippen molar-refractivity contribution in [2.24, 2.45) is 0 Å². The summed E-state index contributed by atoms with van der Waals surface area (Å²) in [7, 11) is 0. The van der Waals surface area contributed by atoms with Crippen molar-refractivity contribution in [2.45, 2.75) is 0 Å². The van der Waals surface area contributed by atoms with Gasteiger partial charge in [0, 0.05) is 49.3 Å². The van der Waals surface area contributed by atoms with Crippen LogP contribution in [0.1, 0.15) is 4.79 Å². The predicted molar refractivity (Wildman–Crippen MR) is 117 cm³/mol. The topological polar surface area (TPSA) is 54.3 Å². The van der Waals surface area contributed by atoms with Crippen LogP contribution in [0.5, 0.6) is 0 Å². The van der Waals surface area contributed by atoms with E-state index in [1.54, 1.807) is 34.6 Å². The van der Waals surface area contributed by atoms with Crippen molar-refractivity contribution >= 4 is 33.1 Å². The fourth-order valence-corrected chi connectivity index (χ4v) is 4.70. The van der Waals surface area contributed by atoms with Crippen LogP contribution in [0.3, 0.4) is 0 Å². The maximum Gasteiger partial charge on any atom is 0.244 e. The number of aromatic nitrogens is 3. The number of carbonyl (C=O) groups excluding carboxylic acids is 1. The molecule has 7 heteroatoms. The first-order valence-corrected chi connectivity index (χ1v) is 10.5. The van der Waals surface area contributed by atoms with E-state index in [4.69, 9.17) is 0 Å². The van der Waals surface area contributed by atoms with Gasteiger partial charge in [0.15, 0.2) is 0 Å². The van der Waals surface area contributed by atoms with Gasteiger partial charge in [0.2, 0.25) is 5.91 Å². The van der Waals surface area contributed by atoms with E-state index >= 15 is 0 Å². The minimum Gasteiger partial charge on any atom is -0.354 e. The van der Waals surface area contributed by atoms with Crippen molar-refractivity contribution < 1.29 is 4.79 Å². The van der Waals surface area contributed by atoms with Crippen LogP contribution in [-0.2, 0) is 0 Å². The number of benzene rings is 1. The van der Waals surface area contributed by atoms with Crippen LogP contribution in [0.15, 0.2) is 67.3 Å². The molecule has 0 spiro atoms. The Morgan fingerprint density at radius 2 is 1.76 bits per heavy atom. The van der Waals surface area contributed by atoms with Crippen LogP contribution in [0.4, 0.5) is 5.82 Å². The molecule has 0 atom stereocenters. The second-order valence-corrected chi connectivity index (χ2v) is 8.24. The molecule has 6 nitrogen and oxygen atoms in total. The smallest absolute Gasteiger partial charge is 0.244 e. The molecular weight excluding hydrogens is 382 g/mol. The summed E-state index contributed by atoms with van der Waals surface area (Å²) in [6.45, 7) is 3.83. The molecule has 0 amide bonds. The van der Waals surface area contributed by atoms with E-state index in [0.29, 0.717) is 6.54 Å². The third-order valence-electron chi connectivity index (χ3n) is 5.28. The van der Waals surface area contributed by atoms with E-state index in [2.05, 4.69) is 56.2 Å². The summed E-state index contributed by atoms with van der Waals surface area (Å²) in [5, 5.41) is 1.24. The quantitative estimate of drug-likeness (QED) is 0.521. The molecule has 4 heterocycles. The van der Waals surface area contributed by atoms with Gasteiger partial charge in [0.25, 0.3) is 0 Å². The molecule has 0 unspecified atom stereocenters. The number of carbonyl (C=O) groups is 1. The molecule has 1 aliphatic rings. The molecule has 0 N–H and O–H groups in total. The Labute approximate surface area is 173 Å². The number of hydrogen-bond acceptors (Lipinski definition) is 6. The van der Waals surface area contributed by atoms with Gasteiger partial charge in [0.05, 0.1) is 17.1 Å². The third-order valence-corrected chi connectivity index (χ3v) is 6.42. The summed E-state index contributed by atoms with van der Waals surface area (Å²) < 4.78 is 2.91. The standard InChI is InChI=1S/C22H21N5OS/c28-22(27-7-3-4-8-27)15-25-9-11-26(12-10-25)21-14-18(23-16-24-21)20-13-17-5-1-2-6-19(17)29-20/h1-8,13-14,16H,9-12,15H2. The molecular formula is C22H21N5OS. The van der Waals surface area contributed by atoms with Crippen LogP contribution < -0.4 is 4.90 Å².